The van der Waals surface area contributed by atoms with E-state index in [1.807, 2.05) is 36.7 Å². The van der Waals surface area contributed by atoms with Crippen LogP contribution in [0.5, 0.6) is 0 Å². The highest BCUT2D eigenvalue weighted by Crippen LogP contribution is 2.16. The highest BCUT2D eigenvalue weighted by atomic mass is 16.1. The molecule has 0 aliphatic rings. The van der Waals surface area contributed by atoms with Crippen molar-refractivity contribution >= 4 is 17.6 Å². The summed E-state index contributed by atoms with van der Waals surface area (Å²) < 4.78 is 3.43. The number of nitrogens with one attached hydrogen (secondary N) is 1. The number of pyridine rings is 1. The zero-order chi connectivity index (χ0) is 20.4. The minimum absolute atomic E-state index is 0.0389. The van der Waals surface area contributed by atoms with Crippen LogP contribution in [0.4, 0.5) is 5.95 Å². The van der Waals surface area contributed by atoms with Crippen LogP contribution in [0.2, 0.25) is 0 Å². The van der Waals surface area contributed by atoms with Crippen molar-refractivity contribution in [3.05, 3.63) is 59.6 Å². The maximum atomic E-state index is 12.4. The highest BCUT2D eigenvalue weighted by molar-refractivity contribution is 5.76. The number of hydrogen-bond acceptors (Lipinski definition) is 7. The van der Waals surface area contributed by atoms with Gasteiger partial charge in [-0.2, -0.15) is 9.50 Å². The molecular weight excluding hydrogens is 370 g/mol. The minimum atomic E-state index is -0.0389. The summed E-state index contributed by atoms with van der Waals surface area (Å²) in [7, 11) is 0. The van der Waals surface area contributed by atoms with E-state index >= 15 is 0 Å². The lowest BCUT2D eigenvalue weighted by molar-refractivity contribution is -0.121. The number of aromatic nitrogens is 7. The van der Waals surface area contributed by atoms with Gasteiger partial charge < -0.3 is 11.1 Å². The van der Waals surface area contributed by atoms with E-state index < -0.39 is 0 Å². The average molecular weight is 391 g/mol. The Labute approximate surface area is 166 Å². The zero-order valence-electron chi connectivity index (χ0n) is 16.2. The zero-order valence-corrected chi connectivity index (χ0v) is 16.2. The predicted molar refractivity (Wildman–Crippen MR) is 106 cm³/mol. The van der Waals surface area contributed by atoms with Crippen molar-refractivity contribution < 1.29 is 4.79 Å². The van der Waals surface area contributed by atoms with Gasteiger partial charge in [-0.15, -0.1) is 5.10 Å². The van der Waals surface area contributed by atoms with Crippen molar-refractivity contribution in [1.29, 1.82) is 0 Å². The van der Waals surface area contributed by atoms with Gasteiger partial charge in [0.25, 0.3) is 5.78 Å². The lowest BCUT2D eigenvalue weighted by Gasteiger charge is -2.11. The third-order valence-corrected chi connectivity index (χ3v) is 4.74. The number of nitrogens with two attached hydrogens (primary N) is 1. The third kappa shape index (κ3) is 3.91. The van der Waals surface area contributed by atoms with E-state index in [0.717, 1.165) is 28.3 Å². The molecule has 4 rings (SSSR count). The SMILES string of the molecule is Cc1nc2nc(N)nn2c(C)c1CCC(=O)NCc1ccnc(-n2ccnc2)c1. The van der Waals surface area contributed by atoms with Gasteiger partial charge in [0, 0.05) is 42.9 Å². The number of anilines is 1. The van der Waals surface area contributed by atoms with Gasteiger partial charge >= 0.3 is 0 Å². The number of aryl methyl sites for hydroxylation is 2. The average Bonchev–Trinajstić information content (AvgIpc) is 3.36. The Morgan fingerprint density at radius 2 is 2.10 bits per heavy atom. The van der Waals surface area contributed by atoms with E-state index in [1.165, 1.54) is 0 Å². The molecule has 29 heavy (non-hydrogen) atoms. The van der Waals surface area contributed by atoms with Crippen molar-refractivity contribution in [3.8, 4) is 5.82 Å². The molecule has 0 spiro atoms. The van der Waals surface area contributed by atoms with E-state index in [-0.39, 0.29) is 11.9 Å². The first-order valence-electron chi connectivity index (χ1n) is 9.19. The summed E-state index contributed by atoms with van der Waals surface area (Å²) in [6, 6.07) is 3.80. The fourth-order valence-corrected chi connectivity index (χ4v) is 3.22. The van der Waals surface area contributed by atoms with Crippen LogP contribution >= 0.6 is 0 Å². The van der Waals surface area contributed by atoms with Crippen molar-refractivity contribution in [2.45, 2.75) is 33.2 Å². The molecule has 0 saturated carbocycles. The van der Waals surface area contributed by atoms with Gasteiger partial charge in [0.1, 0.15) is 12.1 Å². The highest BCUT2D eigenvalue weighted by Gasteiger charge is 2.14. The number of carbonyl (C=O) groups is 1. The minimum Gasteiger partial charge on any atom is -0.366 e. The van der Waals surface area contributed by atoms with E-state index in [9.17, 15) is 4.79 Å². The Bertz CT molecular complexity index is 1160. The van der Waals surface area contributed by atoms with Gasteiger partial charge in [-0.05, 0) is 43.5 Å². The van der Waals surface area contributed by atoms with Gasteiger partial charge in [0.05, 0.1) is 0 Å². The van der Waals surface area contributed by atoms with Gasteiger partial charge in [-0.1, -0.05) is 0 Å². The van der Waals surface area contributed by atoms with Crippen molar-refractivity contribution in [3.63, 3.8) is 0 Å². The van der Waals surface area contributed by atoms with E-state index in [4.69, 9.17) is 5.73 Å². The van der Waals surface area contributed by atoms with Crippen molar-refractivity contribution in [2.24, 2.45) is 0 Å². The van der Waals surface area contributed by atoms with Crippen LogP contribution in [0, 0.1) is 13.8 Å². The summed E-state index contributed by atoms with van der Waals surface area (Å²) in [4.78, 5) is 29.2. The summed E-state index contributed by atoms with van der Waals surface area (Å²) in [6.45, 7) is 4.26. The molecule has 0 aliphatic heterocycles. The maximum absolute atomic E-state index is 12.4. The topological polar surface area (TPSA) is 129 Å². The maximum Gasteiger partial charge on any atom is 0.254 e. The molecular formula is C19H21N9O. The molecule has 0 aliphatic carbocycles. The number of hydrogen-bond donors (Lipinski definition) is 2. The Hall–Kier alpha value is -3.82. The number of fused-ring (bicyclic) bond motifs is 1. The molecule has 0 unspecified atom stereocenters. The molecule has 148 valence electrons. The Morgan fingerprint density at radius 1 is 1.24 bits per heavy atom. The second kappa shape index (κ2) is 7.66. The van der Waals surface area contributed by atoms with Gasteiger partial charge in [0.15, 0.2) is 0 Å². The Kier molecular flexibility index (Phi) is 4.90. The fraction of sp³-hybridized carbons (Fsp3) is 0.263. The fourth-order valence-electron chi connectivity index (χ4n) is 3.22. The monoisotopic (exact) mass is 391 g/mol. The summed E-state index contributed by atoms with van der Waals surface area (Å²) in [5, 5.41) is 7.11. The molecule has 0 aromatic carbocycles. The number of carbonyl (C=O) groups excluding carboxylic acids is 1. The Morgan fingerprint density at radius 3 is 2.90 bits per heavy atom. The van der Waals surface area contributed by atoms with Crippen molar-refractivity contribution in [2.75, 3.05) is 5.73 Å². The molecule has 10 heteroatoms. The van der Waals surface area contributed by atoms with Crippen LogP contribution in [-0.2, 0) is 17.8 Å². The second-order valence-corrected chi connectivity index (χ2v) is 6.71. The van der Waals surface area contributed by atoms with Crippen LogP contribution in [0.15, 0.2) is 37.1 Å². The first kappa shape index (κ1) is 18.5. The molecule has 0 bridgehead atoms. The normalized spacial score (nSPS) is 11.1. The quantitative estimate of drug-likeness (QED) is 0.504. The first-order valence-corrected chi connectivity index (χ1v) is 9.19. The number of imidazole rings is 1. The van der Waals surface area contributed by atoms with Gasteiger partial charge in [-0.3, -0.25) is 9.36 Å². The molecule has 4 aromatic rings. The molecule has 10 nitrogen and oxygen atoms in total. The van der Waals surface area contributed by atoms with Gasteiger partial charge in [-0.25, -0.2) is 15.0 Å². The number of amides is 1. The molecule has 1 amide bonds. The van der Waals surface area contributed by atoms with Gasteiger partial charge in [0.2, 0.25) is 11.9 Å². The molecule has 0 fully saturated rings. The molecule has 4 aromatic heterocycles. The number of rotatable bonds is 6. The van der Waals surface area contributed by atoms with Crippen LogP contribution in [0.1, 0.15) is 28.9 Å². The second-order valence-electron chi connectivity index (χ2n) is 6.71. The van der Waals surface area contributed by atoms with Crippen molar-refractivity contribution in [1.82, 2.24) is 39.4 Å². The van der Waals surface area contributed by atoms with E-state index in [1.54, 1.807) is 23.2 Å². The summed E-state index contributed by atoms with van der Waals surface area (Å²) in [6.07, 6.45) is 7.82. The summed E-state index contributed by atoms with van der Waals surface area (Å²) in [5.74, 6) is 1.37. The number of nitrogen functional groups attached to an aromatic ring is 1. The number of nitrogens with zero attached hydrogens (tertiary/aromatic N) is 7. The summed E-state index contributed by atoms with van der Waals surface area (Å²) >= 11 is 0. The Balaban J connectivity index is 1.39. The third-order valence-electron chi connectivity index (χ3n) is 4.74. The molecule has 3 N–H and O–H groups in total. The molecule has 4 heterocycles. The van der Waals surface area contributed by atoms with Crippen LogP contribution < -0.4 is 11.1 Å². The van der Waals surface area contributed by atoms with Crippen LogP contribution in [0.25, 0.3) is 11.6 Å². The molecule has 0 saturated heterocycles. The lowest BCUT2D eigenvalue weighted by Crippen LogP contribution is -2.23. The standard InChI is InChI=1S/C19H21N9O/c1-12-15(13(2)28-19(24-12)25-18(20)26-28)3-4-17(29)23-10-14-5-6-22-16(9-14)27-8-7-21-11-27/h5-9,11H,3-4,10H2,1-2H3,(H2,20,26)(H,23,29). The first-order chi connectivity index (χ1) is 14.0. The van der Waals surface area contributed by atoms with E-state index in [2.05, 4.69) is 30.4 Å². The molecule has 0 atom stereocenters. The van der Waals surface area contributed by atoms with Crippen LogP contribution in [-0.4, -0.2) is 40.0 Å². The largest absolute Gasteiger partial charge is 0.366 e. The lowest BCUT2D eigenvalue weighted by atomic mass is 10.1. The van der Waals surface area contributed by atoms with Crippen LogP contribution in [0.3, 0.4) is 0 Å². The molecule has 0 radical (unpaired) electrons. The smallest absolute Gasteiger partial charge is 0.254 e. The summed E-state index contributed by atoms with van der Waals surface area (Å²) in [5.41, 5.74) is 9.32. The predicted octanol–water partition coefficient (Wildman–Crippen LogP) is 1.15. The van der Waals surface area contributed by atoms with E-state index in [0.29, 0.717) is 25.2 Å².